The van der Waals surface area contributed by atoms with E-state index in [9.17, 15) is 9.18 Å². The summed E-state index contributed by atoms with van der Waals surface area (Å²) in [5, 5.41) is 0.407. The first-order valence-electron chi connectivity index (χ1n) is 7.48. The number of thioether (sulfide) groups is 1. The molecular weight excluding hydrogens is 333 g/mol. The maximum atomic E-state index is 13.7. The predicted octanol–water partition coefficient (Wildman–Crippen LogP) is 4.69. The third kappa shape index (κ3) is 3.38. The lowest BCUT2D eigenvalue weighted by Crippen LogP contribution is -2.37. The molecule has 0 fully saturated rings. The van der Waals surface area contributed by atoms with Gasteiger partial charge in [0.2, 0.25) is 5.91 Å². The van der Waals surface area contributed by atoms with Gasteiger partial charge in [-0.15, -0.1) is 11.8 Å². The molecule has 1 amide bonds. The smallest absolute Gasteiger partial charge is 0.237 e. The van der Waals surface area contributed by atoms with E-state index in [0.717, 1.165) is 12.1 Å². The summed E-state index contributed by atoms with van der Waals surface area (Å²) in [4.78, 5) is 14.4. The molecule has 0 spiro atoms. The van der Waals surface area contributed by atoms with Gasteiger partial charge >= 0.3 is 0 Å². The van der Waals surface area contributed by atoms with Gasteiger partial charge < -0.3 is 4.90 Å². The van der Waals surface area contributed by atoms with Gasteiger partial charge in [0, 0.05) is 28.1 Å². The van der Waals surface area contributed by atoms with E-state index >= 15 is 0 Å². The number of para-hydroxylation sites is 1. The molecule has 1 atom stereocenters. The highest BCUT2D eigenvalue weighted by Crippen LogP contribution is 2.32. The molecule has 2 nitrogen and oxygen atoms in total. The zero-order valence-corrected chi connectivity index (χ0v) is 14.3. The number of carbonyl (C=O) groups excluding carboxylic acids is 1. The van der Waals surface area contributed by atoms with Crippen LogP contribution in [0.3, 0.4) is 0 Å². The van der Waals surface area contributed by atoms with Gasteiger partial charge in [-0.2, -0.15) is 0 Å². The zero-order valence-electron chi connectivity index (χ0n) is 12.8. The lowest BCUT2D eigenvalue weighted by atomic mass is 10.1. The van der Waals surface area contributed by atoms with Crippen LogP contribution in [-0.4, -0.2) is 17.7 Å². The van der Waals surface area contributed by atoms with Crippen LogP contribution in [-0.2, 0) is 17.0 Å². The van der Waals surface area contributed by atoms with Crippen molar-refractivity contribution in [2.45, 2.75) is 25.1 Å². The van der Waals surface area contributed by atoms with E-state index < -0.39 is 0 Å². The molecule has 0 radical (unpaired) electrons. The minimum absolute atomic E-state index is 0.0555. The minimum atomic E-state index is -0.322. The number of nitrogens with zero attached hydrogens (tertiary/aromatic N) is 1. The molecule has 1 aliphatic rings. The molecular formula is C18H17ClFNOS. The van der Waals surface area contributed by atoms with Crippen molar-refractivity contribution in [3.8, 4) is 0 Å². The average Bonchev–Trinajstić information content (AvgIpc) is 2.86. The van der Waals surface area contributed by atoms with E-state index in [1.807, 2.05) is 23.1 Å². The number of carbonyl (C=O) groups is 1. The highest BCUT2D eigenvalue weighted by molar-refractivity contribution is 7.99. The van der Waals surface area contributed by atoms with Crippen molar-refractivity contribution in [3.63, 3.8) is 0 Å². The molecule has 2 aromatic carbocycles. The normalized spacial score (nSPS) is 16.5. The van der Waals surface area contributed by atoms with E-state index in [1.54, 1.807) is 12.1 Å². The van der Waals surface area contributed by atoms with Crippen LogP contribution in [0.1, 0.15) is 18.1 Å². The molecule has 2 aromatic rings. The Morgan fingerprint density at radius 2 is 2.09 bits per heavy atom. The summed E-state index contributed by atoms with van der Waals surface area (Å²) in [7, 11) is 0. The van der Waals surface area contributed by atoms with Gasteiger partial charge in [0.1, 0.15) is 5.82 Å². The molecule has 0 saturated heterocycles. The number of hydrogen-bond donors (Lipinski definition) is 0. The molecule has 0 aliphatic carbocycles. The summed E-state index contributed by atoms with van der Waals surface area (Å²) in [6.45, 7) is 2.05. The van der Waals surface area contributed by atoms with Crippen molar-refractivity contribution < 1.29 is 9.18 Å². The van der Waals surface area contributed by atoms with E-state index in [-0.39, 0.29) is 17.8 Å². The van der Waals surface area contributed by atoms with Crippen molar-refractivity contribution in [3.05, 3.63) is 64.4 Å². The molecule has 120 valence electrons. The molecule has 23 heavy (non-hydrogen) atoms. The highest BCUT2D eigenvalue weighted by atomic mass is 35.5. The number of rotatable bonds is 4. The lowest BCUT2D eigenvalue weighted by Gasteiger charge is -2.22. The summed E-state index contributed by atoms with van der Waals surface area (Å²) < 4.78 is 13.7. The van der Waals surface area contributed by atoms with Gasteiger partial charge in [-0.1, -0.05) is 35.9 Å². The van der Waals surface area contributed by atoms with Crippen LogP contribution in [0.2, 0.25) is 5.02 Å². The largest absolute Gasteiger partial charge is 0.308 e. The van der Waals surface area contributed by atoms with Gasteiger partial charge in [-0.05, 0) is 37.1 Å². The molecule has 1 heterocycles. The summed E-state index contributed by atoms with van der Waals surface area (Å²) >= 11 is 7.40. The molecule has 0 aromatic heterocycles. The molecule has 3 rings (SSSR count). The lowest BCUT2D eigenvalue weighted by molar-refractivity contribution is -0.116. The number of amides is 1. The molecule has 0 saturated carbocycles. The number of anilines is 1. The van der Waals surface area contributed by atoms with Crippen molar-refractivity contribution in [1.29, 1.82) is 0 Å². The summed E-state index contributed by atoms with van der Waals surface area (Å²) in [5.41, 5.74) is 2.66. The van der Waals surface area contributed by atoms with Crippen LogP contribution in [0.25, 0.3) is 0 Å². The van der Waals surface area contributed by atoms with Crippen LogP contribution in [0.5, 0.6) is 0 Å². The maximum absolute atomic E-state index is 13.7. The van der Waals surface area contributed by atoms with Crippen molar-refractivity contribution in [2.75, 3.05) is 10.7 Å². The molecule has 0 bridgehead atoms. The zero-order chi connectivity index (χ0) is 16.4. The van der Waals surface area contributed by atoms with Crippen LogP contribution in [0.4, 0.5) is 10.1 Å². The molecule has 1 aliphatic heterocycles. The topological polar surface area (TPSA) is 20.3 Å². The van der Waals surface area contributed by atoms with Crippen molar-refractivity contribution in [1.82, 2.24) is 0 Å². The molecule has 5 heteroatoms. The van der Waals surface area contributed by atoms with Gasteiger partial charge in [0.15, 0.2) is 0 Å². The highest BCUT2D eigenvalue weighted by Gasteiger charge is 2.30. The van der Waals surface area contributed by atoms with Gasteiger partial charge in [-0.3, -0.25) is 4.79 Å². The van der Waals surface area contributed by atoms with E-state index in [4.69, 9.17) is 11.6 Å². The second kappa shape index (κ2) is 6.93. The Bertz CT molecular complexity index is 716. The fourth-order valence-electron chi connectivity index (χ4n) is 2.93. The fourth-order valence-corrected chi connectivity index (χ4v) is 4.15. The summed E-state index contributed by atoms with van der Waals surface area (Å²) in [5.74, 6) is 0.432. The number of hydrogen-bond acceptors (Lipinski definition) is 2. The Morgan fingerprint density at radius 3 is 2.87 bits per heavy atom. The van der Waals surface area contributed by atoms with Crippen molar-refractivity contribution >= 4 is 35.0 Å². The summed E-state index contributed by atoms with van der Waals surface area (Å²) in [6, 6.07) is 12.8. The van der Waals surface area contributed by atoms with Gasteiger partial charge in [-0.25, -0.2) is 4.39 Å². The third-order valence-electron chi connectivity index (χ3n) is 4.01. The Kier molecular flexibility index (Phi) is 4.93. The van der Waals surface area contributed by atoms with Crippen LogP contribution >= 0.6 is 23.4 Å². The SMILES string of the molecule is C[C@H]1Cc2ccccc2N1C(=O)CSCc1c(F)cccc1Cl. The number of benzene rings is 2. The van der Waals surface area contributed by atoms with E-state index in [0.29, 0.717) is 22.1 Å². The standard InChI is InChI=1S/C18H17ClFNOS/c1-12-9-13-5-2-3-8-17(13)21(12)18(22)11-23-10-14-15(19)6-4-7-16(14)20/h2-8,12H,9-11H2,1H3/t12-/m0/s1. The Balaban J connectivity index is 1.64. The maximum Gasteiger partial charge on any atom is 0.237 e. The van der Waals surface area contributed by atoms with Crippen LogP contribution < -0.4 is 4.90 Å². The summed E-state index contributed by atoms with van der Waals surface area (Å²) in [6.07, 6.45) is 0.881. The van der Waals surface area contributed by atoms with Gasteiger partial charge in [0.25, 0.3) is 0 Å². The van der Waals surface area contributed by atoms with E-state index in [1.165, 1.54) is 23.4 Å². The first kappa shape index (κ1) is 16.3. The Labute approximate surface area is 144 Å². The monoisotopic (exact) mass is 349 g/mol. The average molecular weight is 350 g/mol. The van der Waals surface area contributed by atoms with Crippen LogP contribution in [0.15, 0.2) is 42.5 Å². The predicted molar refractivity (Wildman–Crippen MR) is 94.7 cm³/mol. The first-order valence-corrected chi connectivity index (χ1v) is 9.02. The minimum Gasteiger partial charge on any atom is -0.308 e. The van der Waals surface area contributed by atoms with Crippen molar-refractivity contribution in [2.24, 2.45) is 0 Å². The van der Waals surface area contributed by atoms with Crippen LogP contribution in [0, 0.1) is 5.82 Å². The second-order valence-corrected chi connectivity index (χ2v) is 7.03. The Hall–Kier alpha value is -1.52. The molecule has 0 unspecified atom stereocenters. The molecule has 0 N–H and O–H groups in total. The first-order chi connectivity index (χ1) is 11.1. The quantitative estimate of drug-likeness (QED) is 0.798. The number of halogens is 2. The Morgan fingerprint density at radius 1 is 1.30 bits per heavy atom. The number of fused-ring (bicyclic) bond motifs is 1. The fraction of sp³-hybridized carbons (Fsp3) is 0.278. The van der Waals surface area contributed by atoms with Gasteiger partial charge in [0.05, 0.1) is 5.75 Å². The third-order valence-corrected chi connectivity index (χ3v) is 5.31. The second-order valence-electron chi connectivity index (χ2n) is 5.64. The van der Waals surface area contributed by atoms with E-state index in [2.05, 4.69) is 13.0 Å².